The number of amides is 2. The minimum Gasteiger partial charge on any atom is -0.382 e. The Hall–Kier alpha value is -4.11. The van der Waals surface area contributed by atoms with Crippen LogP contribution in [-0.2, 0) is 6.54 Å². The Labute approximate surface area is 216 Å². The maximum absolute atomic E-state index is 13.4. The number of hydrogen-bond donors (Lipinski definition) is 4. The number of nitrogens with one attached hydrogen (secondary N) is 4. The van der Waals surface area contributed by atoms with E-state index in [2.05, 4.69) is 26.0 Å². The molecule has 0 saturated heterocycles. The molecule has 1 fully saturated rings. The smallest absolute Gasteiger partial charge is 0.272 e. The highest BCUT2D eigenvalue weighted by molar-refractivity contribution is 6.15. The van der Waals surface area contributed by atoms with Gasteiger partial charge < -0.3 is 20.9 Å². The standard InChI is InChI=1S/C28H33N7O2/c1-35(2)18-21(17-33-29)31-16-20-12-13-24(23-10-4-3-9-22(20)23)27(36)34-25-11-6-14-30-26(25)28(37)32-15-19-7-5-8-19/h3-4,6,9-14,17,19,29,31H,5,7-8,15-16,18H2,1-2H3,(H,32,37)(H,34,36)/b21-17-,33-29?. The van der Waals surface area contributed by atoms with E-state index in [-0.39, 0.29) is 17.5 Å². The molecule has 9 heteroatoms. The lowest BCUT2D eigenvalue weighted by atomic mass is 9.85. The zero-order valence-corrected chi connectivity index (χ0v) is 21.3. The van der Waals surface area contributed by atoms with Crippen molar-refractivity contribution in [3.05, 3.63) is 83.4 Å². The van der Waals surface area contributed by atoms with E-state index in [0.717, 1.165) is 34.9 Å². The molecule has 4 N–H and O–H groups in total. The molecule has 2 aromatic carbocycles. The molecule has 4 rings (SSSR count). The number of hydrogen-bond acceptors (Lipinski definition) is 7. The number of anilines is 1. The van der Waals surface area contributed by atoms with Gasteiger partial charge in [-0.05, 0) is 67.4 Å². The number of benzene rings is 2. The molecule has 1 heterocycles. The lowest BCUT2D eigenvalue weighted by Crippen LogP contribution is -2.33. The molecule has 192 valence electrons. The summed E-state index contributed by atoms with van der Waals surface area (Å²) in [7, 11) is 3.90. The Bertz CT molecular complexity index is 1310. The third-order valence-corrected chi connectivity index (χ3v) is 6.52. The van der Waals surface area contributed by atoms with Crippen LogP contribution >= 0.6 is 0 Å². The Morgan fingerprint density at radius 3 is 2.54 bits per heavy atom. The van der Waals surface area contributed by atoms with Crippen molar-refractivity contribution < 1.29 is 9.59 Å². The topological polar surface area (TPSA) is 123 Å². The fraction of sp³-hybridized carbons (Fsp3) is 0.321. The average molecular weight is 500 g/mol. The second-order valence-electron chi connectivity index (χ2n) is 9.55. The van der Waals surface area contributed by atoms with Crippen molar-refractivity contribution in [3.63, 3.8) is 0 Å². The van der Waals surface area contributed by atoms with Gasteiger partial charge in [0.2, 0.25) is 0 Å². The van der Waals surface area contributed by atoms with Crippen molar-refractivity contribution in [2.75, 3.05) is 32.5 Å². The van der Waals surface area contributed by atoms with Crippen molar-refractivity contribution in [3.8, 4) is 0 Å². The van der Waals surface area contributed by atoms with Gasteiger partial charge in [-0.3, -0.25) is 9.59 Å². The first kappa shape index (κ1) is 26.0. The van der Waals surface area contributed by atoms with Crippen LogP contribution < -0.4 is 16.0 Å². The molecule has 1 aliphatic rings. The molecule has 0 bridgehead atoms. The highest BCUT2D eigenvalue weighted by atomic mass is 16.2. The van der Waals surface area contributed by atoms with Gasteiger partial charge in [0, 0.05) is 37.1 Å². The third kappa shape index (κ3) is 6.56. The van der Waals surface area contributed by atoms with Gasteiger partial charge in [0.15, 0.2) is 5.69 Å². The van der Waals surface area contributed by atoms with Crippen molar-refractivity contribution in [1.29, 1.82) is 5.53 Å². The zero-order chi connectivity index (χ0) is 26.2. The number of rotatable bonds is 11. The molecule has 0 spiro atoms. The van der Waals surface area contributed by atoms with E-state index in [0.29, 0.717) is 36.8 Å². The summed E-state index contributed by atoms with van der Waals surface area (Å²) in [6, 6.07) is 14.9. The predicted octanol–water partition coefficient (Wildman–Crippen LogP) is 4.54. The Morgan fingerprint density at radius 2 is 1.84 bits per heavy atom. The molecule has 1 aliphatic carbocycles. The second kappa shape index (κ2) is 12.2. The van der Waals surface area contributed by atoms with Crippen LogP contribution in [0.25, 0.3) is 10.8 Å². The first-order chi connectivity index (χ1) is 18.0. The van der Waals surface area contributed by atoms with Crippen LogP contribution in [0.5, 0.6) is 0 Å². The number of likely N-dealkylation sites (N-methyl/N-ethyl adjacent to an activating group) is 1. The predicted molar refractivity (Wildman–Crippen MR) is 144 cm³/mol. The van der Waals surface area contributed by atoms with Gasteiger partial charge in [-0.15, -0.1) is 0 Å². The first-order valence-corrected chi connectivity index (χ1v) is 12.5. The normalized spacial score (nSPS) is 13.8. The maximum atomic E-state index is 13.4. The molecule has 0 radical (unpaired) electrons. The van der Waals surface area contributed by atoms with Crippen LogP contribution in [0.3, 0.4) is 0 Å². The minimum absolute atomic E-state index is 0.209. The fourth-order valence-electron chi connectivity index (χ4n) is 4.38. The summed E-state index contributed by atoms with van der Waals surface area (Å²) in [5.74, 6) is -0.0612. The average Bonchev–Trinajstić information content (AvgIpc) is 2.86. The number of pyridine rings is 1. The number of carbonyl (C=O) groups is 2. The second-order valence-corrected chi connectivity index (χ2v) is 9.55. The van der Waals surface area contributed by atoms with Crippen molar-refractivity contribution in [2.45, 2.75) is 25.8 Å². The van der Waals surface area contributed by atoms with Gasteiger partial charge in [0.25, 0.3) is 11.8 Å². The van der Waals surface area contributed by atoms with Gasteiger partial charge in [-0.2, -0.15) is 5.11 Å². The van der Waals surface area contributed by atoms with E-state index in [4.69, 9.17) is 5.53 Å². The van der Waals surface area contributed by atoms with Crippen LogP contribution in [0.15, 0.2) is 71.7 Å². The Balaban J connectivity index is 1.53. The lowest BCUT2D eigenvalue weighted by molar-refractivity contribution is 0.0935. The number of carbonyl (C=O) groups excluding carboxylic acids is 2. The highest BCUT2D eigenvalue weighted by Gasteiger charge is 2.21. The Kier molecular flexibility index (Phi) is 8.58. The quantitative estimate of drug-likeness (QED) is 0.289. The highest BCUT2D eigenvalue weighted by Crippen LogP contribution is 2.26. The summed E-state index contributed by atoms with van der Waals surface area (Å²) in [6.45, 7) is 1.78. The van der Waals surface area contributed by atoms with Crippen LogP contribution in [0, 0.1) is 11.4 Å². The van der Waals surface area contributed by atoms with E-state index >= 15 is 0 Å². The molecule has 0 unspecified atom stereocenters. The molecular weight excluding hydrogens is 466 g/mol. The summed E-state index contributed by atoms with van der Waals surface area (Å²) in [4.78, 5) is 32.4. The monoisotopic (exact) mass is 499 g/mol. The van der Waals surface area contributed by atoms with Gasteiger partial charge in [-0.1, -0.05) is 36.8 Å². The van der Waals surface area contributed by atoms with E-state index in [1.807, 2.05) is 49.3 Å². The van der Waals surface area contributed by atoms with Crippen molar-refractivity contribution >= 4 is 28.3 Å². The van der Waals surface area contributed by atoms with E-state index in [9.17, 15) is 9.59 Å². The van der Waals surface area contributed by atoms with Gasteiger partial charge in [0.05, 0.1) is 11.9 Å². The van der Waals surface area contributed by atoms with Crippen molar-refractivity contribution in [2.24, 2.45) is 11.0 Å². The van der Waals surface area contributed by atoms with Gasteiger partial charge in [0.1, 0.15) is 0 Å². The number of aromatic nitrogens is 1. The van der Waals surface area contributed by atoms with Gasteiger partial charge in [-0.25, -0.2) is 10.5 Å². The van der Waals surface area contributed by atoms with E-state index < -0.39 is 0 Å². The molecular formula is C28H33N7O2. The van der Waals surface area contributed by atoms with Crippen LogP contribution in [0.2, 0.25) is 0 Å². The van der Waals surface area contributed by atoms with E-state index in [1.54, 1.807) is 24.4 Å². The molecule has 0 atom stereocenters. The summed E-state index contributed by atoms with van der Waals surface area (Å²) >= 11 is 0. The molecule has 2 amide bonds. The number of nitrogens with zero attached hydrogens (tertiary/aromatic N) is 3. The van der Waals surface area contributed by atoms with Crippen LogP contribution in [0.4, 0.5) is 5.69 Å². The summed E-state index contributed by atoms with van der Waals surface area (Å²) in [6.07, 6.45) is 6.54. The molecule has 1 saturated carbocycles. The van der Waals surface area contributed by atoms with Gasteiger partial charge >= 0.3 is 0 Å². The molecule has 9 nitrogen and oxygen atoms in total. The Morgan fingerprint density at radius 1 is 1.05 bits per heavy atom. The molecule has 1 aromatic heterocycles. The summed E-state index contributed by atoms with van der Waals surface area (Å²) in [5, 5.41) is 14.3. The maximum Gasteiger partial charge on any atom is 0.272 e. The number of fused-ring (bicyclic) bond motifs is 1. The molecule has 37 heavy (non-hydrogen) atoms. The fourth-order valence-corrected chi connectivity index (χ4v) is 4.38. The summed E-state index contributed by atoms with van der Waals surface area (Å²) in [5.41, 5.74) is 10.1. The summed E-state index contributed by atoms with van der Waals surface area (Å²) < 4.78 is 0. The van der Waals surface area contributed by atoms with E-state index in [1.165, 1.54) is 12.6 Å². The zero-order valence-electron chi connectivity index (χ0n) is 21.3. The lowest BCUT2D eigenvalue weighted by Gasteiger charge is -2.25. The molecule has 3 aromatic rings. The van der Waals surface area contributed by atoms with Crippen molar-refractivity contribution in [1.82, 2.24) is 20.5 Å². The van der Waals surface area contributed by atoms with Crippen LogP contribution in [-0.4, -0.2) is 48.9 Å². The van der Waals surface area contributed by atoms with Crippen LogP contribution in [0.1, 0.15) is 45.7 Å². The SMILES string of the molecule is CN(C)C/C(=C/N=N)NCc1ccc(C(=O)Nc2cccnc2C(=O)NCC2CCC2)c2ccccc12. The first-order valence-electron chi connectivity index (χ1n) is 12.5. The minimum atomic E-state index is -0.307. The molecule has 0 aliphatic heterocycles. The third-order valence-electron chi connectivity index (χ3n) is 6.52. The largest absolute Gasteiger partial charge is 0.382 e.